The van der Waals surface area contributed by atoms with Gasteiger partial charge in [-0.15, -0.1) is 0 Å². The van der Waals surface area contributed by atoms with Gasteiger partial charge in [-0.25, -0.2) is 4.79 Å². The van der Waals surface area contributed by atoms with Crippen LogP contribution in [0.15, 0.2) is 41.5 Å². The molecule has 27 heavy (non-hydrogen) atoms. The molecule has 0 radical (unpaired) electrons. The van der Waals surface area contributed by atoms with E-state index in [9.17, 15) is 14.4 Å². The van der Waals surface area contributed by atoms with Crippen LogP contribution < -0.4 is 0 Å². The Hall–Kier alpha value is -2.49. The number of rotatable bonds is 1. The van der Waals surface area contributed by atoms with Crippen LogP contribution in [0.3, 0.4) is 0 Å². The molecular formula is C23H24O4. The summed E-state index contributed by atoms with van der Waals surface area (Å²) in [4.78, 5) is 38.6. The van der Waals surface area contributed by atoms with Gasteiger partial charge in [-0.1, -0.05) is 58.9 Å². The summed E-state index contributed by atoms with van der Waals surface area (Å²) in [7, 11) is 0. The van der Waals surface area contributed by atoms with Gasteiger partial charge in [-0.2, -0.15) is 0 Å². The number of esters is 1. The maximum Gasteiger partial charge on any atom is 0.338 e. The lowest BCUT2D eigenvalue weighted by atomic mass is 9.68. The maximum absolute atomic E-state index is 13.3. The molecule has 2 aliphatic carbocycles. The molecule has 3 atom stereocenters. The molecule has 4 heteroatoms. The molecule has 1 aromatic rings. The Morgan fingerprint density at radius 1 is 0.926 bits per heavy atom. The van der Waals surface area contributed by atoms with Crippen molar-refractivity contribution in [3.8, 4) is 0 Å². The quantitative estimate of drug-likeness (QED) is 0.706. The molecule has 4 nitrogen and oxygen atoms in total. The first-order valence-corrected chi connectivity index (χ1v) is 9.47. The molecule has 4 rings (SSSR count). The van der Waals surface area contributed by atoms with Crippen molar-refractivity contribution in [3.05, 3.63) is 58.2 Å². The van der Waals surface area contributed by atoms with Crippen LogP contribution in [0.25, 0.3) is 0 Å². The van der Waals surface area contributed by atoms with E-state index in [0.29, 0.717) is 16.7 Å². The zero-order valence-electron chi connectivity index (χ0n) is 16.3. The van der Waals surface area contributed by atoms with E-state index in [1.807, 2.05) is 32.1 Å². The summed E-state index contributed by atoms with van der Waals surface area (Å²) in [5.74, 6) is -1.62. The monoisotopic (exact) mass is 364 g/mol. The minimum atomic E-state index is -0.623. The maximum atomic E-state index is 13.3. The van der Waals surface area contributed by atoms with Crippen LogP contribution >= 0.6 is 0 Å². The van der Waals surface area contributed by atoms with E-state index in [-0.39, 0.29) is 29.0 Å². The van der Waals surface area contributed by atoms with Gasteiger partial charge in [0.1, 0.15) is 6.10 Å². The minimum absolute atomic E-state index is 0.0506. The average molecular weight is 364 g/mol. The fraction of sp³-hybridized carbons (Fsp3) is 0.435. The zero-order valence-corrected chi connectivity index (χ0v) is 16.3. The summed E-state index contributed by atoms with van der Waals surface area (Å²) >= 11 is 0. The second-order valence-electron chi connectivity index (χ2n) is 9.06. The molecule has 0 N–H and O–H groups in total. The SMILES string of the molecule is CC(C)C1OC(=O)C2=CC3C(=O)c4ccc(C(C)(C)C)cc4C(=O)C3C=C21. The Morgan fingerprint density at radius 3 is 2.19 bits per heavy atom. The van der Waals surface area contributed by atoms with E-state index < -0.39 is 17.8 Å². The third-order valence-electron chi connectivity index (χ3n) is 5.79. The van der Waals surface area contributed by atoms with Gasteiger partial charge in [-0.05, 0) is 23.0 Å². The smallest absolute Gasteiger partial charge is 0.338 e. The van der Waals surface area contributed by atoms with Gasteiger partial charge in [0.2, 0.25) is 0 Å². The average Bonchev–Trinajstić information content (AvgIpc) is 2.93. The Balaban J connectivity index is 1.83. The molecule has 1 aliphatic heterocycles. The van der Waals surface area contributed by atoms with Crippen molar-refractivity contribution >= 4 is 17.5 Å². The number of benzene rings is 1. The fourth-order valence-electron chi connectivity index (χ4n) is 4.20. The Kier molecular flexibility index (Phi) is 3.81. The molecule has 0 aromatic heterocycles. The number of Topliss-reactive ketones (excluding diaryl/α,β-unsaturated/α-hetero) is 2. The summed E-state index contributed by atoms with van der Waals surface area (Å²) in [5, 5.41) is 0. The Labute approximate surface area is 159 Å². The van der Waals surface area contributed by atoms with Crippen molar-refractivity contribution in [3.63, 3.8) is 0 Å². The van der Waals surface area contributed by atoms with Crippen molar-refractivity contribution in [2.45, 2.75) is 46.1 Å². The molecule has 1 fully saturated rings. The zero-order chi connectivity index (χ0) is 19.7. The second-order valence-corrected chi connectivity index (χ2v) is 9.06. The Bertz CT molecular complexity index is 940. The van der Waals surface area contributed by atoms with E-state index >= 15 is 0 Å². The van der Waals surface area contributed by atoms with E-state index in [1.165, 1.54) is 0 Å². The molecule has 0 spiro atoms. The van der Waals surface area contributed by atoms with Crippen molar-refractivity contribution in [1.29, 1.82) is 0 Å². The lowest BCUT2D eigenvalue weighted by Gasteiger charge is -2.32. The number of cyclic esters (lactones) is 1. The van der Waals surface area contributed by atoms with Crippen molar-refractivity contribution in [2.24, 2.45) is 17.8 Å². The normalized spacial score (nSPS) is 26.9. The lowest BCUT2D eigenvalue weighted by Crippen LogP contribution is -2.37. The fourth-order valence-corrected chi connectivity index (χ4v) is 4.20. The molecule has 0 amide bonds. The van der Waals surface area contributed by atoms with E-state index in [4.69, 9.17) is 4.74 Å². The molecule has 140 valence electrons. The summed E-state index contributed by atoms with van der Waals surface area (Å²) in [6, 6.07) is 5.54. The van der Waals surface area contributed by atoms with Crippen molar-refractivity contribution in [2.75, 3.05) is 0 Å². The van der Waals surface area contributed by atoms with Crippen molar-refractivity contribution < 1.29 is 19.1 Å². The van der Waals surface area contributed by atoms with Gasteiger partial charge in [0.05, 0.1) is 17.4 Å². The highest BCUT2D eigenvalue weighted by Gasteiger charge is 2.47. The van der Waals surface area contributed by atoms with Crippen LogP contribution in [-0.4, -0.2) is 23.6 Å². The molecule has 0 bridgehead atoms. The van der Waals surface area contributed by atoms with Crippen LogP contribution in [0.4, 0.5) is 0 Å². The number of carbonyl (C=O) groups is 3. The second kappa shape index (κ2) is 5.75. The number of carbonyl (C=O) groups excluding carboxylic acids is 3. The Morgan fingerprint density at radius 2 is 1.56 bits per heavy atom. The summed E-state index contributed by atoms with van der Waals surface area (Å²) < 4.78 is 5.49. The van der Waals surface area contributed by atoms with E-state index in [1.54, 1.807) is 12.1 Å². The van der Waals surface area contributed by atoms with Gasteiger partial charge >= 0.3 is 5.97 Å². The predicted molar refractivity (Wildman–Crippen MR) is 102 cm³/mol. The van der Waals surface area contributed by atoms with Crippen LogP contribution in [-0.2, 0) is 14.9 Å². The van der Waals surface area contributed by atoms with E-state index in [2.05, 4.69) is 20.8 Å². The number of hydrogen-bond acceptors (Lipinski definition) is 4. The summed E-state index contributed by atoms with van der Waals surface area (Å²) in [6.45, 7) is 10.2. The van der Waals surface area contributed by atoms with Crippen LogP contribution in [0.5, 0.6) is 0 Å². The number of fused-ring (bicyclic) bond motifs is 3. The third-order valence-corrected chi connectivity index (χ3v) is 5.79. The number of ketones is 2. The first-order valence-electron chi connectivity index (χ1n) is 9.47. The third kappa shape index (κ3) is 2.61. The molecule has 1 saturated heterocycles. The van der Waals surface area contributed by atoms with Crippen LogP contribution in [0.2, 0.25) is 0 Å². The molecule has 0 saturated carbocycles. The molecular weight excluding hydrogens is 340 g/mol. The number of hydrogen-bond donors (Lipinski definition) is 0. The summed E-state index contributed by atoms with van der Waals surface area (Å²) in [6.07, 6.45) is 3.11. The molecule has 1 heterocycles. The topological polar surface area (TPSA) is 60.4 Å². The molecule has 3 aliphatic rings. The summed E-state index contributed by atoms with van der Waals surface area (Å²) in [5.41, 5.74) is 3.07. The number of ether oxygens (including phenoxy) is 1. The van der Waals surface area contributed by atoms with Gasteiger partial charge in [0.25, 0.3) is 0 Å². The standard InChI is InChI=1S/C23H24O4/c1-11(2)21-17-9-15-16(10-18(17)22(26)27-21)19(24)13-7-6-12(23(3,4)5)8-14(13)20(15)25/h6-11,15-16,21H,1-5H3. The largest absolute Gasteiger partial charge is 0.454 e. The predicted octanol–water partition coefficient (Wildman–Crippen LogP) is 4.04. The van der Waals surface area contributed by atoms with Crippen molar-refractivity contribution in [1.82, 2.24) is 0 Å². The van der Waals surface area contributed by atoms with Gasteiger partial charge in [0.15, 0.2) is 11.6 Å². The highest BCUT2D eigenvalue weighted by atomic mass is 16.6. The number of allylic oxidation sites excluding steroid dienone is 2. The molecule has 1 aromatic carbocycles. The first-order chi connectivity index (χ1) is 12.6. The highest BCUT2D eigenvalue weighted by molar-refractivity contribution is 6.18. The van der Waals surface area contributed by atoms with Gasteiger partial charge < -0.3 is 4.74 Å². The lowest BCUT2D eigenvalue weighted by molar-refractivity contribution is -0.139. The van der Waals surface area contributed by atoms with E-state index in [0.717, 1.165) is 11.1 Å². The van der Waals surface area contributed by atoms with Crippen LogP contribution in [0, 0.1) is 17.8 Å². The van der Waals surface area contributed by atoms with Crippen LogP contribution in [0.1, 0.15) is 60.9 Å². The van der Waals surface area contributed by atoms with Gasteiger partial charge in [-0.3, -0.25) is 9.59 Å². The first kappa shape index (κ1) is 17.9. The highest BCUT2D eigenvalue weighted by Crippen LogP contribution is 2.43. The minimum Gasteiger partial charge on any atom is -0.454 e. The van der Waals surface area contributed by atoms with Gasteiger partial charge in [0, 0.05) is 16.7 Å². The molecule has 3 unspecified atom stereocenters.